The maximum atomic E-state index is 4.83. The maximum Gasteiger partial charge on any atom is -0.0193 e. The largest absolute Gasteiger partial charge is 0.0980 e. The molecule has 0 saturated heterocycles. The van der Waals surface area contributed by atoms with E-state index in [4.69, 9.17) is 11.8 Å². The van der Waals surface area contributed by atoms with Crippen LogP contribution in [0.25, 0.3) is 0 Å². The molecule has 0 fully saturated rings. The van der Waals surface area contributed by atoms with E-state index in [1.54, 1.807) is 0 Å². The van der Waals surface area contributed by atoms with E-state index in [2.05, 4.69) is 6.66 Å². The first-order valence-electron chi connectivity index (χ1n) is 1.39. The molecular formula is C3H8PS. The predicted molar refractivity (Wildman–Crippen MR) is 31.5 cm³/mol. The van der Waals surface area contributed by atoms with Crippen molar-refractivity contribution in [3.63, 3.8) is 0 Å². The van der Waals surface area contributed by atoms with Crippen LogP contribution in [-0.4, -0.2) is 13.3 Å². The Morgan fingerprint density at radius 3 is 1.60 bits per heavy atom. The normalized spacial score (nSPS) is 11.8. The number of rotatable bonds is 0. The van der Waals surface area contributed by atoms with Gasteiger partial charge in [-0.15, -0.1) is 0 Å². The van der Waals surface area contributed by atoms with Gasteiger partial charge in [0.2, 0.25) is 0 Å². The zero-order valence-corrected chi connectivity index (χ0v) is 5.27. The Morgan fingerprint density at radius 2 is 1.60 bits per heavy atom. The predicted octanol–water partition coefficient (Wildman–Crippen LogP) is 1.52. The molecule has 0 aliphatic rings. The van der Waals surface area contributed by atoms with Crippen LogP contribution in [0.4, 0.5) is 0 Å². The van der Waals surface area contributed by atoms with Gasteiger partial charge in [-0.25, -0.2) is 0 Å². The zero-order valence-electron chi connectivity index (χ0n) is 3.56. The second-order valence-corrected chi connectivity index (χ2v) is 7.69. The smallest absolute Gasteiger partial charge is 0.0193 e. The van der Waals surface area contributed by atoms with E-state index in [0.29, 0.717) is 0 Å². The average molecular weight is 107 g/mol. The molecule has 0 nitrogen and oxygen atoms in total. The molecule has 5 heavy (non-hydrogen) atoms. The van der Waals surface area contributed by atoms with E-state index in [1.165, 1.54) is 0 Å². The minimum absolute atomic E-state index is 1.06. The van der Waals surface area contributed by atoms with Gasteiger partial charge in [0.25, 0.3) is 0 Å². The molecule has 0 amide bonds. The molecule has 0 heterocycles. The van der Waals surface area contributed by atoms with Crippen LogP contribution >= 0.6 is 6.04 Å². The van der Waals surface area contributed by atoms with E-state index in [9.17, 15) is 0 Å². The first kappa shape index (κ1) is 5.65. The van der Waals surface area contributed by atoms with Crippen LogP contribution in [0.1, 0.15) is 0 Å². The van der Waals surface area contributed by atoms with E-state index < -0.39 is 6.04 Å². The Labute approximate surface area is 38.6 Å². The third kappa shape index (κ3) is 77.3. The molecular weight excluding hydrogens is 99.1 g/mol. The topological polar surface area (TPSA) is 0 Å². The summed E-state index contributed by atoms with van der Waals surface area (Å²) in [6, 6.07) is -1.06. The van der Waals surface area contributed by atoms with Gasteiger partial charge in [-0.2, -0.15) is 0 Å². The van der Waals surface area contributed by atoms with Crippen molar-refractivity contribution >= 4 is 17.8 Å². The van der Waals surface area contributed by atoms with Crippen molar-refractivity contribution in [3.8, 4) is 0 Å². The van der Waals surface area contributed by atoms with Gasteiger partial charge in [0.15, 0.2) is 0 Å². The van der Waals surface area contributed by atoms with Crippen LogP contribution in [0.5, 0.6) is 0 Å². The fourth-order valence-corrected chi connectivity index (χ4v) is 0. The third-order valence-electron chi connectivity index (χ3n) is 0. The molecule has 2 heteroatoms. The van der Waals surface area contributed by atoms with Crippen LogP contribution in [0, 0.1) is 6.66 Å². The summed E-state index contributed by atoms with van der Waals surface area (Å²) < 4.78 is 0. The lowest BCUT2D eigenvalue weighted by molar-refractivity contribution is 2.21. The molecule has 0 spiro atoms. The van der Waals surface area contributed by atoms with E-state index in [-0.39, 0.29) is 0 Å². The zero-order chi connectivity index (χ0) is 4.50. The Bertz CT molecular complexity index is 53.0. The highest BCUT2D eigenvalue weighted by molar-refractivity contribution is 8.14. The molecule has 0 aliphatic heterocycles. The number of hydrogen-bond acceptors (Lipinski definition) is 1. The summed E-state index contributed by atoms with van der Waals surface area (Å²) in [4.78, 5) is 0. The quantitative estimate of drug-likeness (QED) is 0.423. The van der Waals surface area contributed by atoms with Gasteiger partial charge in [-0.1, -0.05) is 11.8 Å². The van der Waals surface area contributed by atoms with Gasteiger partial charge < -0.3 is 0 Å². The van der Waals surface area contributed by atoms with Crippen molar-refractivity contribution in [2.75, 3.05) is 13.3 Å². The first-order valence-corrected chi connectivity index (χ1v) is 5.28. The lowest BCUT2D eigenvalue weighted by Gasteiger charge is -1.91. The molecule has 0 aliphatic carbocycles. The van der Waals surface area contributed by atoms with E-state index >= 15 is 0 Å². The summed E-state index contributed by atoms with van der Waals surface area (Å²) in [5, 5.41) is 0. The SMILES string of the molecule is [CH2]P(C)(C)=S. The monoisotopic (exact) mass is 107 g/mol. The second-order valence-electron chi connectivity index (χ2n) is 1.57. The molecule has 0 unspecified atom stereocenters. The average Bonchev–Trinajstić information content (AvgIpc) is 0.722. The summed E-state index contributed by atoms with van der Waals surface area (Å²) in [5.41, 5.74) is 0. The van der Waals surface area contributed by atoms with Gasteiger partial charge in [-0.05, 0) is 26.0 Å². The standard InChI is InChI=1S/C3H8PS/c1-4(2,3)5/h1H2,2-3H3. The fourth-order valence-electron chi connectivity index (χ4n) is 0. The van der Waals surface area contributed by atoms with Crippen molar-refractivity contribution in [3.05, 3.63) is 6.66 Å². The van der Waals surface area contributed by atoms with Crippen LogP contribution in [-0.2, 0) is 11.8 Å². The lowest BCUT2D eigenvalue weighted by Crippen LogP contribution is -1.55. The Kier molecular flexibility index (Phi) is 1.58. The van der Waals surface area contributed by atoms with Gasteiger partial charge >= 0.3 is 0 Å². The van der Waals surface area contributed by atoms with Crippen LogP contribution in [0.15, 0.2) is 0 Å². The molecule has 0 bridgehead atoms. The Balaban J connectivity index is 3.47. The molecule has 0 N–H and O–H groups in total. The van der Waals surface area contributed by atoms with Crippen molar-refractivity contribution in [1.82, 2.24) is 0 Å². The molecule has 0 saturated carbocycles. The first-order chi connectivity index (χ1) is 2.00. The summed E-state index contributed by atoms with van der Waals surface area (Å²) >= 11 is 4.83. The molecule has 0 aromatic carbocycles. The Hall–Kier alpha value is 0.650. The van der Waals surface area contributed by atoms with Crippen LogP contribution in [0.2, 0.25) is 0 Å². The van der Waals surface area contributed by atoms with Crippen molar-refractivity contribution in [2.24, 2.45) is 0 Å². The fraction of sp³-hybridized carbons (Fsp3) is 0.667. The minimum atomic E-state index is -1.06. The molecule has 0 atom stereocenters. The highest BCUT2D eigenvalue weighted by Gasteiger charge is 1.83. The van der Waals surface area contributed by atoms with Gasteiger partial charge in [0.1, 0.15) is 0 Å². The summed E-state index contributed by atoms with van der Waals surface area (Å²) in [6.07, 6.45) is 0. The molecule has 0 aromatic rings. The summed E-state index contributed by atoms with van der Waals surface area (Å²) in [5.74, 6) is 0. The summed E-state index contributed by atoms with van der Waals surface area (Å²) in [6.45, 7) is 7.70. The number of hydrogen-bond donors (Lipinski definition) is 0. The van der Waals surface area contributed by atoms with Gasteiger partial charge in [0.05, 0.1) is 0 Å². The van der Waals surface area contributed by atoms with Crippen LogP contribution in [0.3, 0.4) is 0 Å². The molecule has 0 aromatic heterocycles. The van der Waals surface area contributed by atoms with Gasteiger partial charge in [-0.3, -0.25) is 0 Å². The van der Waals surface area contributed by atoms with Crippen LogP contribution < -0.4 is 0 Å². The highest BCUT2D eigenvalue weighted by Crippen LogP contribution is 2.32. The van der Waals surface area contributed by atoms with E-state index in [0.717, 1.165) is 0 Å². The highest BCUT2D eigenvalue weighted by atomic mass is 32.4. The minimum Gasteiger partial charge on any atom is -0.0980 e. The maximum absolute atomic E-state index is 4.83. The lowest BCUT2D eigenvalue weighted by atomic mass is 11.9. The third-order valence-corrected chi connectivity index (χ3v) is 0. The second kappa shape index (κ2) is 1.40. The molecule has 1 radical (unpaired) electrons. The van der Waals surface area contributed by atoms with Crippen molar-refractivity contribution < 1.29 is 0 Å². The molecule has 31 valence electrons. The van der Waals surface area contributed by atoms with Crippen molar-refractivity contribution in [2.45, 2.75) is 0 Å². The Morgan fingerprint density at radius 1 is 1.60 bits per heavy atom. The van der Waals surface area contributed by atoms with E-state index in [1.807, 2.05) is 13.3 Å². The summed E-state index contributed by atoms with van der Waals surface area (Å²) in [7, 11) is 0. The van der Waals surface area contributed by atoms with Crippen molar-refractivity contribution in [1.29, 1.82) is 0 Å². The molecule has 0 rings (SSSR count). The van der Waals surface area contributed by atoms with Gasteiger partial charge in [0, 0.05) is 0 Å².